The van der Waals surface area contributed by atoms with Crippen LogP contribution in [0.3, 0.4) is 0 Å². The minimum atomic E-state index is -0.169. The van der Waals surface area contributed by atoms with Crippen LogP contribution < -0.4 is 0 Å². The molecule has 1 N–H and O–H groups in total. The Balaban J connectivity index is 2.27. The molecular weight excluding hydrogens is 148 g/mol. The third-order valence-corrected chi connectivity index (χ3v) is 2.68. The lowest BCUT2D eigenvalue weighted by molar-refractivity contribution is 0.0892. The Labute approximate surface area is 75.2 Å². The van der Waals surface area contributed by atoms with Gasteiger partial charge in [-0.15, -0.1) is 11.8 Å². The summed E-state index contributed by atoms with van der Waals surface area (Å²) in [7, 11) is 0. The second kappa shape index (κ2) is 5.22. The van der Waals surface area contributed by atoms with Crippen molar-refractivity contribution in [1.82, 2.24) is 0 Å². The first kappa shape index (κ1) is 9.61. The summed E-state index contributed by atoms with van der Waals surface area (Å²) in [5.41, 5.74) is 0. The molecular formula is C11H18O. The molecule has 0 unspecified atom stereocenters. The largest absolute Gasteiger partial charge is 0.392 e. The van der Waals surface area contributed by atoms with Crippen molar-refractivity contribution in [2.24, 2.45) is 5.92 Å². The van der Waals surface area contributed by atoms with Crippen molar-refractivity contribution < 1.29 is 5.11 Å². The monoisotopic (exact) mass is 166 g/mol. The fraction of sp³-hybridized carbons (Fsp3) is 0.818. The molecule has 1 saturated carbocycles. The van der Waals surface area contributed by atoms with Gasteiger partial charge in [-0.3, -0.25) is 0 Å². The van der Waals surface area contributed by atoms with Crippen molar-refractivity contribution in [3.05, 3.63) is 0 Å². The van der Waals surface area contributed by atoms with Crippen LogP contribution in [0.2, 0.25) is 0 Å². The molecule has 1 fully saturated rings. The molecule has 1 atom stereocenters. The van der Waals surface area contributed by atoms with Gasteiger partial charge in [0.1, 0.15) is 0 Å². The highest BCUT2D eigenvalue weighted by atomic mass is 16.3. The second-order valence-corrected chi connectivity index (χ2v) is 3.60. The Morgan fingerprint density at radius 2 is 2.00 bits per heavy atom. The van der Waals surface area contributed by atoms with Gasteiger partial charge >= 0.3 is 0 Å². The smallest absolute Gasteiger partial charge is 0.0677 e. The van der Waals surface area contributed by atoms with Crippen LogP contribution in [0, 0.1) is 17.8 Å². The van der Waals surface area contributed by atoms with E-state index in [1.54, 1.807) is 0 Å². The highest BCUT2D eigenvalue weighted by Gasteiger charge is 2.20. The molecule has 0 amide bonds. The van der Waals surface area contributed by atoms with Crippen molar-refractivity contribution >= 4 is 0 Å². The summed E-state index contributed by atoms with van der Waals surface area (Å²) in [6.07, 6.45) is 6.84. The first-order valence-corrected chi connectivity index (χ1v) is 4.92. The normalized spacial score (nSPS) is 21.2. The molecule has 1 rings (SSSR count). The SMILES string of the molecule is CC#CC[C@@H](O)C1CCCCC1. The van der Waals surface area contributed by atoms with E-state index in [1.165, 1.54) is 32.1 Å². The fourth-order valence-corrected chi connectivity index (χ4v) is 1.89. The molecule has 0 aliphatic heterocycles. The van der Waals surface area contributed by atoms with Crippen molar-refractivity contribution in [2.75, 3.05) is 0 Å². The van der Waals surface area contributed by atoms with Crippen LogP contribution in [-0.4, -0.2) is 11.2 Å². The van der Waals surface area contributed by atoms with Crippen molar-refractivity contribution in [3.63, 3.8) is 0 Å². The Kier molecular flexibility index (Phi) is 4.18. The molecule has 1 aliphatic carbocycles. The molecule has 0 spiro atoms. The highest BCUT2D eigenvalue weighted by molar-refractivity contribution is 4.97. The molecule has 0 aromatic rings. The predicted octanol–water partition coefficient (Wildman–Crippen LogP) is 2.34. The van der Waals surface area contributed by atoms with Crippen LogP contribution in [0.5, 0.6) is 0 Å². The second-order valence-electron chi connectivity index (χ2n) is 3.60. The van der Waals surface area contributed by atoms with Gasteiger partial charge in [0.05, 0.1) is 6.10 Å². The fourth-order valence-electron chi connectivity index (χ4n) is 1.89. The van der Waals surface area contributed by atoms with Crippen LogP contribution >= 0.6 is 0 Å². The van der Waals surface area contributed by atoms with Crippen molar-refractivity contribution in [2.45, 2.75) is 51.6 Å². The van der Waals surface area contributed by atoms with Crippen molar-refractivity contribution in [3.8, 4) is 11.8 Å². The van der Waals surface area contributed by atoms with E-state index in [2.05, 4.69) is 11.8 Å². The Bertz CT molecular complexity index is 169. The molecule has 12 heavy (non-hydrogen) atoms. The molecule has 1 aliphatic rings. The average molecular weight is 166 g/mol. The van der Waals surface area contributed by atoms with Crippen LogP contribution in [0.15, 0.2) is 0 Å². The van der Waals surface area contributed by atoms with Gasteiger partial charge in [0.2, 0.25) is 0 Å². The summed E-state index contributed by atoms with van der Waals surface area (Å²) in [5.74, 6) is 6.30. The third-order valence-electron chi connectivity index (χ3n) is 2.68. The maximum atomic E-state index is 9.70. The van der Waals surface area contributed by atoms with Gasteiger partial charge < -0.3 is 5.11 Å². The minimum Gasteiger partial charge on any atom is -0.392 e. The molecule has 0 bridgehead atoms. The average Bonchev–Trinajstić information content (AvgIpc) is 2.15. The summed E-state index contributed by atoms with van der Waals surface area (Å²) in [6.45, 7) is 1.83. The zero-order valence-corrected chi connectivity index (χ0v) is 7.84. The van der Waals surface area contributed by atoms with Crippen LogP contribution in [0.4, 0.5) is 0 Å². The Morgan fingerprint density at radius 3 is 2.58 bits per heavy atom. The first-order chi connectivity index (χ1) is 5.84. The minimum absolute atomic E-state index is 0.169. The Hall–Kier alpha value is -0.480. The maximum absolute atomic E-state index is 9.70. The van der Waals surface area contributed by atoms with Crippen LogP contribution in [-0.2, 0) is 0 Å². The highest BCUT2D eigenvalue weighted by Crippen LogP contribution is 2.27. The topological polar surface area (TPSA) is 20.2 Å². The predicted molar refractivity (Wildman–Crippen MR) is 50.6 cm³/mol. The maximum Gasteiger partial charge on any atom is 0.0677 e. The van der Waals surface area contributed by atoms with Gasteiger partial charge in [-0.2, -0.15) is 0 Å². The molecule has 1 nitrogen and oxygen atoms in total. The molecule has 0 heterocycles. The summed E-state index contributed by atoms with van der Waals surface area (Å²) >= 11 is 0. The number of aliphatic hydroxyl groups is 1. The molecule has 0 saturated heterocycles. The van der Waals surface area contributed by atoms with Crippen molar-refractivity contribution in [1.29, 1.82) is 0 Å². The number of hydrogen-bond donors (Lipinski definition) is 1. The van der Waals surface area contributed by atoms with Gasteiger partial charge in [-0.1, -0.05) is 19.3 Å². The van der Waals surface area contributed by atoms with E-state index in [0.717, 1.165) is 0 Å². The van der Waals surface area contributed by atoms with E-state index in [-0.39, 0.29) is 6.10 Å². The van der Waals surface area contributed by atoms with Gasteiger partial charge in [0, 0.05) is 6.42 Å². The van der Waals surface area contributed by atoms with Crippen LogP contribution in [0.25, 0.3) is 0 Å². The van der Waals surface area contributed by atoms with Gasteiger partial charge in [-0.25, -0.2) is 0 Å². The van der Waals surface area contributed by atoms with Gasteiger partial charge in [-0.05, 0) is 25.7 Å². The summed E-state index contributed by atoms with van der Waals surface area (Å²) in [4.78, 5) is 0. The first-order valence-electron chi connectivity index (χ1n) is 4.92. The molecule has 0 radical (unpaired) electrons. The lowest BCUT2D eigenvalue weighted by Gasteiger charge is -2.25. The molecule has 68 valence electrons. The quantitative estimate of drug-likeness (QED) is 0.624. The van der Waals surface area contributed by atoms with E-state index < -0.39 is 0 Å². The lowest BCUT2D eigenvalue weighted by Crippen LogP contribution is -2.22. The number of rotatable bonds is 2. The lowest BCUT2D eigenvalue weighted by atomic mass is 9.84. The summed E-state index contributed by atoms with van der Waals surface area (Å²) in [6, 6.07) is 0. The molecule has 0 aromatic heterocycles. The summed E-state index contributed by atoms with van der Waals surface area (Å²) < 4.78 is 0. The zero-order valence-electron chi connectivity index (χ0n) is 7.84. The van der Waals surface area contributed by atoms with E-state index in [9.17, 15) is 5.11 Å². The van der Waals surface area contributed by atoms with E-state index in [0.29, 0.717) is 12.3 Å². The number of hydrogen-bond acceptors (Lipinski definition) is 1. The third kappa shape index (κ3) is 2.87. The van der Waals surface area contributed by atoms with Gasteiger partial charge in [0.25, 0.3) is 0 Å². The van der Waals surface area contributed by atoms with E-state index in [4.69, 9.17) is 0 Å². The Morgan fingerprint density at radius 1 is 1.33 bits per heavy atom. The van der Waals surface area contributed by atoms with E-state index in [1.807, 2.05) is 6.92 Å². The molecule has 0 aromatic carbocycles. The van der Waals surface area contributed by atoms with Crippen LogP contribution in [0.1, 0.15) is 45.4 Å². The zero-order chi connectivity index (χ0) is 8.81. The number of aliphatic hydroxyl groups excluding tert-OH is 1. The molecule has 1 heteroatoms. The van der Waals surface area contributed by atoms with Gasteiger partial charge in [0.15, 0.2) is 0 Å². The van der Waals surface area contributed by atoms with E-state index >= 15 is 0 Å². The summed E-state index contributed by atoms with van der Waals surface area (Å²) in [5, 5.41) is 9.70. The standard InChI is InChI=1S/C11H18O/c1-2-3-9-11(12)10-7-5-4-6-8-10/h10-12H,4-9H2,1H3/t11-/m1/s1.